The molecule has 4 atom stereocenters. The Labute approximate surface area is 316 Å². The number of alkyl halides is 1. The molecule has 0 aromatic rings. The van der Waals surface area contributed by atoms with Crippen LogP contribution in [0.4, 0.5) is 0 Å². The lowest BCUT2D eigenvalue weighted by molar-refractivity contribution is -0.135. The van der Waals surface area contributed by atoms with Gasteiger partial charge in [-0.2, -0.15) is 0 Å². The van der Waals surface area contributed by atoms with Crippen LogP contribution in [0.5, 0.6) is 0 Å². The van der Waals surface area contributed by atoms with Gasteiger partial charge in [0.05, 0.1) is 11.9 Å². The summed E-state index contributed by atoms with van der Waals surface area (Å²) < 4.78 is 0. The van der Waals surface area contributed by atoms with E-state index in [1.807, 2.05) is 0 Å². The summed E-state index contributed by atoms with van der Waals surface area (Å²) in [5.74, 6) is -3.26. The average molecular weight is 760 g/mol. The lowest BCUT2D eigenvalue weighted by atomic mass is 10.0. The monoisotopic (exact) mass is 760 g/mol. The van der Waals surface area contributed by atoms with Gasteiger partial charge in [0.15, 0.2) is 17.7 Å². The van der Waals surface area contributed by atoms with Gasteiger partial charge in [-0.15, -0.1) is 11.6 Å². The number of hydrogen-bond acceptors (Lipinski definition) is 8. The third-order valence-corrected chi connectivity index (χ3v) is 8.48. The zero-order valence-electron chi connectivity index (χ0n) is 31.0. The van der Waals surface area contributed by atoms with Gasteiger partial charge in [-0.05, 0) is 63.8 Å². The molecule has 0 saturated carbocycles. The summed E-state index contributed by atoms with van der Waals surface area (Å²) >= 11 is 5.81. The number of guanidine groups is 2. The molecule has 14 N–H and O–H groups in total. The number of aliphatic imine (C=N–C) groups is 2. The lowest BCUT2D eigenvalue weighted by Crippen LogP contribution is -2.59. The molecule has 0 aliphatic carbocycles. The van der Waals surface area contributed by atoms with Crippen molar-refractivity contribution in [2.24, 2.45) is 44.6 Å². The van der Waals surface area contributed by atoms with E-state index in [9.17, 15) is 24.0 Å². The summed E-state index contributed by atoms with van der Waals surface area (Å²) in [4.78, 5) is 74.1. The number of carbonyl (C=O) groups excluding carboxylic acids is 5. The van der Waals surface area contributed by atoms with Gasteiger partial charge in [0.1, 0.15) is 18.1 Å². The fourth-order valence-corrected chi connectivity index (χ4v) is 5.46. The van der Waals surface area contributed by atoms with E-state index >= 15 is 0 Å². The number of ketones is 1. The van der Waals surface area contributed by atoms with Gasteiger partial charge in [-0.3, -0.25) is 34.0 Å². The van der Waals surface area contributed by atoms with Gasteiger partial charge < -0.3 is 49.9 Å². The number of nitrogens with one attached hydrogen (secondary N) is 4. The van der Waals surface area contributed by atoms with Crippen molar-refractivity contribution in [3.05, 3.63) is 0 Å². The number of amides is 4. The molecule has 16 nitrogen and oxygen atoms in total. The minimum absolute atomic E-state index is 0. The minimum atomic E-state index is -1.08. The molecule has 302 valence electrons. The minimum Gasteiger partial charge on any atom is -0.370 e. The van der Waals surface area contributed by atoms with Gasteiger partial charge in [-0.25, -0.2) is 0 Å². The molecule has 0 spiro atoms. The van der Waals surface area contributed by atoms with Crippen molar-refractivity contribution >= 4 is 52.9 Å². The number of carbonyl (C=O) groups is 5. The number of unbranched alkanes of at least 4 members (excludes halogenated alkanes) is 7. The van der Waals surface area contributed by atoms with E-state index < -0.39 is 47.8 Å². The van der Waals surface area contributed by atoms with Gasteiger partial charge >= 0.3 is 0 Å². The predicted octanol–water partition coefficient (Wildman–Crippen LogP) is 1.40. The molecule has 0 bridgehead atoms. The Bertz CT molecular complexity index is 1100. The number of halogens is 1. The molecule has 0 aromatic heterocycles. The third kappa shape index (κ3) is 24.5. The Kier molecular flexibility index (Phi) is 30.0. The van der Waals surface area contributed by atoms with E-state index in [-0.39, 0.29) is 69.3 Å². The highest BCUT2D eigenvalue weighted by molar-refractivity contribution is 6.28. The first-order valence-corrected chi connectivity index (χ1v) is 18.9. The van der Waals surface area contributed by atoms with Crippen LogP contribution in [0.3, 0.4) is 0 Å². The van der Waals surface area contributed by atoms with Crippen molar-refractivity contribution in [1.29, 1.82) is 0 Å². The molecule has 0 saturated heterocycles. The summed E-state index contributed by atoms with van der Waals surface area (Å²) in [7, 11) is 0. The maximum absolute atomic E-state index is 13.7. The van der Waals surface area contributed by atoms with Gasteiger partial charge in [0.2, 0.25) is 23.6 Å². The first-order valence-electron chi connectivity index (χ1n) is 18.4. The van der Waals surface area contributed by atoms with Crippen molar-refractivity contribution in [2.75, 3.05) is 25.5 Å². The maximum atomic E-state index is 13.7. The number of rotatable bonds is 30. The summed E-state index contributed by atoms with van der Waals surface area (Å²) in [6.45, 7) is 6.55. The molecule has 0 rings (SSSR count). The van der Waals surface area contributed by atoms with Gasteiger partial charge in [0, 0.05) is 19.5 Å². The molecular formula is C35H70ClN11O5. The molecule has 0 aliphatic heterocycles. The topological polar surface area (TPSA) is 288 Å². The smallest absolute Gasteiger partial charge is 0.243 e. The summed E-state index contributed by atoms with van der Waals surface area (Å²) in [6.07, 6.45) is 10.3. The van der Waals surface area contributed by atoms with Crippen molar-refractivity contribution in [3.8, 4) is 0 Å². The number of hydrogen-bond donors (Lipinski definition) is 9. The molecule has 0 aliphatic rings. The summed E-state index contributed by atoms with van der Waals surface area (Å²) in [5.41, 5.74) is 27.3. The quantitative estimate of drug-likeness (QED) is 0.0220. The molecule has 52 heavy (non-hydrogen) atoms. The largest absolute Gasteiger partial charge is 0.370 e. The first kappa shape index (κ1) is 50.4. The zero-order chi connectivity index (χ0) is 38.6. The Balaban J connectivity index is 0. The first-order chi connectivity index (χ1) is 24.3. The van der Waals surface area contributed by atoms with E-state index in [4.69, 9.17) is 40.3 Å². The van der Waals surface area contributed by atoms with Crippen LogP contribution in [0.25, 0.3) is 0 Å². The maximum Gasteiger partial charge on any atom is 0.243 e. The molecular weight excluding hydrogens is 690 g/mol. The second-order valence-electron chi connectivity index (χ2n) is 13.1. The molecule has 0 radical (unpaired) electrons. The van der Waals surface area contributed by atoms with Crippen LogP contribution in [0.2, 0.25) is 0 Å². The molecule has 0 fully saturated rings. The van der Waals surface area contributed by atoms with Crippen molar-refractivity contribution < 1.29 is 24.0 Å². The highest BCUT2D eigenvalue weighted by Crippen LogP contribution is 2.11. The van der Waals surface area contributed by atoms with Crippen LogP contribution >= 0.6 is 11.6 Å². The third-order valence-electron chi connectivity index (χ3n) is 8.21. The van der Waals surface area contributed by atoms with E-state index in [1.54, 1.807) is 13.8 Å². The van der Waals surface area contributed by atoms with Crippen LogP contribution in [-0.2, 0) is 24.0 Å². The van der Waals surface area contributed by atoms with Gasteiger partial charge in [-0.1, -0.05) is 66.7 Å². The molecule has 4 unspecified atom stereocenters. The molecule has 0 aromatic carbocycles. The number of Topliss-reactive ketones (excluding diaryl/α,β-unsaturated/α-hetero) is 1. The highest BCUT2D eigenvalue weighted by Gasteiger charge is 2.32. The van der Waals surface area contributed by atoms with Crippen molar-refractivity contribution in [2.45, 2.75) is 149 Å². The molecule has 4 amide bonds. The lowest BCUT2D eigenvalue weighted by Gasteiger charge is -2.28. The van der Waals surface area contributed by atoms with E-state index in [0.717, 1.165) is 19.3 Å². The normalized spacial score (nSPS) is 13.0. The van der Waals surface area contributed by atoms with Crippen molar-refractivity contribution in [3.63, 3.8) is 0 Å². The van der Waals surface area contributed by atoms with Gasteiger partial charge in [0.25, 0.3) is 0 Å². The fraction of sp³-hybridized carbons (Fsp3) is 0.800. The van der Waals surface area contributed by atoms with E-state index in [0.29, 0.717) is 45.1 Å². The van der Waals surface area contributed by atoms with Crippen LogP contribution in [0.1, 0.15) is 125 Å². The van der Waals surface area contributed by atoms with Crippen LogP contribution < -0.4 is 49.9 Å². The summed E-state index contributed by atoms with van der Waals surface area (Å²) in [6, 6.07) is -3.94. The van der Waals surface area contributed by atoms with Crippen LogP contribution in [0, 0.1) is 5.92 Å². The Morgan fingerprint density at radius 2 is 1.10 bits per heavy atom. The molecule has 17 heteroatoms. The molecule has 0 heterocycles. The Hall–Kier alpha value is -3.66. The van der Waals surface area contributed by atoms with Crippen LogP contribution in [-0.4, -0.2) is 91.0 Å². The average Bonchev–Trinajstić information content (AvgIpc) is 3.07. The Morgan fingerprint density at radius 3 is 1.60 bits per heavy atom. The Morgan fingerprint density at radius 1 is 0.615 bits per heavy atom. The standard InChI is InChI=1S/C34H66ClN11O5.CH4/c1-4-5-6-7-8-9-10-18-28(48)43-25(16-13-20-41-33(37)38)31(50)46-29(23(2)3)32(51)45-26(17-14-21-42-34(39)40)30(49)44-24(27(47)22-35)15-11-12-19-36;/h23-26,29H,4-22,36H2,1-3H3,(H,43,48)(H,44,49)(H,45,51)(H,46,50)(H4,37,38,41)(H4,39,40,42);1H4. The van der Waals surface area contributed by atoms with Crippen molar-refractivity contribution in [1.82, 2.24) is 21.3 Å². The second-order valence-corrected chi connectivity index (χ2v) is 13.4. The van der Waals surface area contributed by atoms with E-state index in [2.05, 4.69) is 38.2 Å². The van der Waals surface area contributed by atoms with Crippen LogP contribution in [0.15, 0.2) is 9.98 Å². The van der Waals surface area contributed by atoms with E-state index in [1.165, 1.54) is 19.3 Å². The highest BCUT2D eigenvalue weighted by atomic mass is 35.5. The number of nitrogens with two attached hydrogens (primary N) is 5. The number of nitrogens with zero attached hydrogens (tertiary/aromatic N) is 2. The summed E-state index contributed by atoms with van der Waals surface area (Å²) in [5, 5.41) is 11.1. The second kappa shape index (κ2) is 30.9. The fourth-order valence-electron chi connectivity index (χ4n) is 5.28. The predicted molar refractivity (Wildman–Crippen MR) is 210 cm³/mol. The SMILES string of the molecule is C.CCCCCCCCCC(=O)NC(CCCN=C(N)N)C(=O)NC(C(=O)NC(CCCN=C(N)N)C(=O)NC(CCCCN)C(=O)CCl)C(C)C. The zero-order valence-corrected chi connectivity index (χ0v) is 31.8.